The highest BCUT2D eigenvalue weighted by Gasteiger charge is 2.25. The van der Waals surface area contributed by atoms with Gasteiger partial charge in [0.2, 0.25) is 0 Å². The monoisotopic (exact) mass is 364 g/mol. The van der Waals surface area contributed by atoms with Crippen LogP contribution in [0, 0.1) is 5.82 Å². The Balaban J connectivity index is 1.44. The first-order valence-electron chi connectivity index (χ1n) is 9.09. The molecule has 1 saturated heterocycles. The van der Waals surface area contributed by atoms with Crippen LogP contribution in [0.5, 0.6) is 0 Å². The number of aromatic nitrogens is 2. The number of carbonyl (C=O) groups is 1. The minimum atomic E-state index is -0.333. The van der Waals surface area contributed by atoms with Crippen LogP contribution in [0.3, 0.4) is 0 Å². The molecule has 0 saturated carbocycles. The third kappa shape index (κ3) is 4.00. The molecule has 27 heavy (non-hydrogen) atoms. The van der Waals surface area contributed by atoms with Gasteiger partial charge in [-0.1, -0.05) is 18.2 Å². The maximum atomic E-state index is 13.1. The van der Waals surface area contributed by atoms with Crippen molar-refractivity contribution < 1.29 is 9.18 Å². The van der Waals surface area contributed by atoms with Gasteiger partial charge in [0.05, 0.1) is 12.4 Å². The SMILES string of the molecule is O=C(c1ccc(F)cc1)N1CCC[C@H](n2cnc(Nc3ccccc3)c2)C1. The number of hydrogen-bond donors (Lipinski definition) is 1. The molecular formula is C21H21FN4O. The molecule has 0 aliphatic carbocycles. The molecule has 0 radical (unpaired) electrons. The second kappa shape index (κ2) is 7.61. The lowest BCUT2D eigenvalue weighted by atomic mass is 10.0. The van der Waals surface area contributed by atoms with E-state index in [0.717, 1.165) is 30.9 Å². The average Bonchev–Trinajstić information content (AvgIpc) is 3.17. The van der Waals surface area contributed by atoms with Crippen molar-refractivity contribution in [1.29, 1.82) is 0 Å². The van der Waals surface area contributed by atoms with Gasteiger partial charge >= 0.3 is 0 Å². The van der Waals surface area contributed by atoms with Gasteiger partial charge in [-0.3, -0.25) is 4.79 Å². The van der Waals surface area contributed by atoms with Crippen LogP contribution in [0.15, 0.2) is 67.1 Å². The van der Waals surface area contributed by atoms with Gasteiger partial charge in [0, 0.05) is 30.5 Å². The Kier molecular flexibility index (Phi) is 4.87. The molecule has 0 unspecified atom stereocenters. The van der Waals surface area contributed by atoms with Crippen molar-refractivity contribution in [2.24, 2.45) is 0 Å². The summed E-state index contributed by atoms with van der Waals surface area (Å²) in [5.41, 5.74) is 1.51. The van der Waals surface area contributed by atoms with Crippen molar-refractivity contribution >= 4 is 17.4 Å². The van der Waals surface area contributed by atoms with Crippen molar-refractivity contribution in [3.8, 4) is 0 Å². The lowest BCUT2D eigenvalue weighted by Crippen LogP contribution is -2.40. The molecule has 6 heteroatoms. The molecule has 1 atom stereocenters. The molecule has 0 spiro atoms. The molecule has 1 aromatic heterocycles. The lowest BCUT2D eigenvalue weighted by Gasteiger charge is -2.33. The number of nitrogens with one attached hydrogen (secondary N) is 1. The number of carbonyl (C=O) groups excluding carboxylic acids is 1. The summed E-state index contributed by atoms with van der Waals surface area (Å²) in [4.78, 5) is 19.0. The third-order valence-corrected chi connectivity index (χ3v) is 4.84. The summed E-state index contributed by atoms with van der Waals surface area (Å²) in [5.74, 6) is 0.394. The summed E-state index contributed by atoms with van der Waals surface area (Å²) in [6, 6.07) is 15.8. The zero-order chi connectivity index (χ0) is 18.6. The van der Waals surface area contributed by atoms with Gasteiger partial charge in [-0.25, -0.2) is 9.37 Å². The molecule has 1 amide bonds. The Morgan fingerprint density at radius 1 is 1.11 bits per heavy atom. The van der Waals surface area contributed by atoms with E-state index < -0.39 is 0 Å². The molecule has 1 aliphatic heterocycles. The topological polar surface area (TPSA) is 50.2 Å². The summed E-state index contributed by atoms with van der Waals surface area (Å²) in [5, 5.41) is 3.28. The Labute approximate surface area is 157 Å². The van der Waals surface area contributed by atoms with E-state index >= 15 is 0 Å². The Bertz CT molecular complexity index is 907. The van der Waals surface area contributed by atoms with E-state index in [-0.39, 0.29) is 17.8 Å². The number of halogens is 1. The Morgan fingerprint density at radius 3 is 2.67 bits per heavy atom. The fraction of sp³-hybridized carbons (Fsp3) is 0.238. The molecule has 3 aromatic rings. The van der Waals surface area contributed by atoms with Crippen molar-refractivity contribution in [3.63, 3.8) is 0 Å². The van der Waals surface area contributed by atoms with Crippen LogP contribution in [-0.2, 0) is 0 Å². The van der Waals surface area contributed by atoms with Gasteiger partial charge in [0.1, 0.15) is 11.6 Å². The second-order valence-corrected chi connectivity index (χ2v) is 6.75. The van der Waals surface area contributed by atoms with Crippen molar-refractivity contribution in [3.05, 3.63) is 78.5 Å². The number of likely N-dealkylation sites (tertiary alicyclic amines) is 1. The molecule has 2 aromatic carbocycles. The Morgan fingerprint density at radius 2 is 1.89 bits per heavy atom. The van der Waals surface area contributed by atoms with Crippen LogP contribution in [-0.4, -0.2) is 33.4 Å². The molecule has 2 heterocycles. The quantitative estimate of drug-likeness (QED) is 0.753. The van der Waals surface area contributed by atoms with Crippen LogP contribution in [0.25, 0.3) is 0 Å². The van der Waals surface area contributed by atoms with Crippen molar-refractivity contribution in [2.45, 2.75) is 18.9 Å². The highest BCUT2D eigenvalue weighted by atomic mass is 19.1. The van der Waals surface area contributed by atoms with E-state index in [1.165, 1.54) is 12.1 Å². The van der Waals surface area contributed by atoms with Crippen molar-refractivity contribution in [1.82, 2.24) is 14.5 Å². The molecule has 0 bridgehead atoms. The van der Waals surface area contributed by atoms with Gasteiger partial charge in [0.25, 0.3) is 5.91 Å². The number of nitrogens with zero attached hydrogens (tertiary/aromatic N) is 3. The van der Waals surface area contributed by atoms with E-state index in [1.54, 1.807) is 12.1 Å². The summed E-state index contributed by atoms with van der Waals surface area (Å²) in [6.07, 6.45) is 5.71. The predicted molar refractivity (Wildman–Crippen MR) is 103 cm³/mol. The van der Waals surface area contributed by atoms with Crippen LogP contribution in [0.2, 0.25) is 0 Å². The van der Waals surface area contributed by atoms with Gasteiger partial charge in [-0.05, 0) is 49.2 Å². The van der Waals surface area contributed by atoms with Crippen LogP contribution < -0.4 is 5.32 Å². The minimum Gasteiger partial charge on any atom is -0.339 e. The summed E-state index contributed by atoms with van der Waals surface area (Å²) in [6.45, 7) is 1.34. The third-order valence-electron chi connectivity index (χ3n) is 4.84. The van der Waals surface area contributed by atoms with Gasteiger partial charge in [0.15, 0.2) is 0 Å². The van der Waals surface area contributed by atoms with E-state index in [4.69, 9.17) is 0 Å². The summed E-state index contributed by atoms with van der Waals surface area (Å²) in [7, 11) is 0. The first-order valence-corrected chi connectivity index (χ1v) is 9.09. The molecule has 4 rings (SSSR count). The molecule has 1 fully saturated rings. The molecule has 5 nitrogen and oxygen atoms in total. The first kappa shape index (κ1) is 17.3. The van der Waals surface area contributed by atoms with E-state index in [9.17, 15) is 9.18 Å². The molecular weight excluding hydrogens is 343 g/mol. The first-order chi connectivity index (χ1) is 13.2. The number of hydrogen-bond acceptors (Lipinski definition) is 3. The lowest BCUT2D eigenvalue weighted by molar-refractivity contribution is 0.0679. The predicted octanol–water partition coefficient (Wildman–Crippen LogP) is 4.24. The van der Waals surface area contributed by atoms with E-state index in [1.807, 2.05) is 47.8 Å². The van der Waals surface area contributed by atoms with Crippen LogP contribution in [0.4, 0.5) is 15.9 Å². The normalized spacial score (nSPS) is 16.9. The number of imidazole rings is 1. The maximum Gasteiger partial charge on any atom is 0.253 e. The number of para-hydroxylation sites is 1. The maximum absolute atomic E-state index is 13.1. The number of piperidine rings is 1. The van der Waals surface area contributed by atoms with Gasteiger partial charge < -0.3 is 14.8 Å². The summed E-state index contributed by atoms with van der Waals surface area (Å²) >= 11 is 0. The fourth-order valence-corrected chi connectivity index (χ4v) is 3.43. The number of rotatable bonds is 4. The van der Waals surface area contributed by atoms with Crippen LogP contribution >= 0.6 is 0 Å². The fourth-order valence-electron chi connectivity index (χ4n) is 3.43. The second-order valence-electron chi connectivity index (χ2n) is 6.75. The Hall–Kier alpha value is -3.15. The average molecular weight is 364 g/mol. The number of benzene rings is 2. The van der Waals surface area contributed by atoms with Gasteiger partial charge in [-0.2, -0.15) is 0 Å². The molecule has 1 aliphatic rings. The van der Waals surface area contributed by atoms with Crippen LogP contribution in [0.1, 0.15) is 29.2 Å². The highest BCUT2D eigenvalue weighted by Crippen LogP contribution is 2.25. The van der Waals surface area contributed by atoms with Crippen molar-refractivity contribution in [2.75, 3.05) is 18.4 Å². The molecule has 138 valence electrons. The highest BCUT2D eigenvalue weighted by molar-refractivity contribution is 5.94. The molecule has 1 N–H and O–H groups in total. The smallest absolute Gasteiger partial charge is 0.253 e. The van der Waals surface area contributed by atoms with E-state index in [0.29, 0.717) is 12.1 Å². The van der Waals surface area contributed by atoms with E-state index in [2.05, 4.69) is 14.9 Å². The minimum absolute atomic E-state index is 0.0533. The zero-order valence-electron chi connectivity index (χ0n) is 14.9. The van der Waals surface area contributed by atoms with Gasteiger partial charge in [-0.15, -0.1) is 0 Å². The summed E-state index contributed by atoms with van der Waals surface area (Å²) < 4.78 is 15.2. The number of amides is 1. The largest absolute Gasteiger partial charge is 0.339 e. The zero-order valence-corrected chi connectivity index (χ0v) is 14.9. The standard InChI is InChI=1S/C21H21FN4O/c22-17-10-8-16(9-11-17)21(27)25-12-4-7-19(13-25)26-14-20(23-15-26)24-18-5-2-1-3-6-18/h1-3,5-6,8-11,14-15,19,24H,4,7,12-13H2/t19-/m0/s1. The number of anilines is 2.